The number of imidazole rings is 1. The van der Waals surface area contributed by atoms with E-state index in [1.807, 2.05) is 42.6 Å². The maximum atomic E-state index is 12.9. The van der Waals surface area contributed by atoms with E-state index in [-0.39, 0.29) is 36.7 Å². The second-order valence-electron chi connectivity index (χ2n) is 7.47. The largest absolute Gasteiger partial charge is 0.459 e. The number of aliphatic hydroxyl groups is 1. The second kappa shape index (κ2) is 10.1. The van der Waals surface area contributed by atoms with E-state index >= 15 is 0 Å². The average Bonchev–Trinajstić information content (AvgIpc) is 3.46. The molecule has 4 rings (SSSR count). The van der Waals surface area contributed by atoms with Crippen molar-refractivity contribution in [1.82, 2.24) is 15.3 Å². The van der Waals surface area contributed by atoms with Crippen LogP contribution in [0.2, 0.25) is 0 Å². The van der Waals surface area contributed by atoms with Gasteiger partial charge in [0.05, 0.1) is 17.6 Å². The van der Waals surface area contributed by atoms with Crippen LogP contribution in [0.1, 0.15) is 37.1 Å². The van der Waals surface area contributed by atoms with E-state index in [1.54, 1.807) is 11.3 Å². The van der Waals surface area contributed by atoms with Crippen molar-refractivity contribution in [2.45, 2.75) is 38.5 Å². The van der Waals surface area contributed by atoms with Crippen molar-refractivity contribution in [1.29, 1.82) is 0 Å². The summed E-state index contributed by atoms with van der Waals surface area (Å²) in [5, 5.41) is 16.3. The lowest BCUT2D eigenvalue weighted by atomic mass is 9.81. The Morgan fingerprint density at radius 2 is 2.23 bits per heavy atom. The number of aliphatic hydroxyl groups excluding tert-OH is 1. The van der Waals surface area contributed by atoms with Gasteiger partial charge in [0.25, 0.3) is 5.91 Å². The maximum absolute atomic E-state index is 12.9. The van der Waals surface area contributed by atoms with E-state index in [1.165, 1.54) is 0 Å². The van der Waals surface area contributed by atoms with Crippen LogP contribution in [-0.2, 0) is 20.8 Å². The molecule has 0 saturated carbocycles. The van der Waals surface area contributed by atoms with Crippen molar-refractivity contribution in [3.8, 4) is 0 Å². The molecule has 1 aromatic carbocycles. The highest BCUT2D eigenvalue weighted by molar-refractivity contribution is 7.08. The molecule has 0 bridgehead atoms. The Morgan fingerprint density at radius 1 is 1.35 bits per heavy atom. The normalized spacial score (nSPS) is 21.0. The molecule has 1 amide bonds. The summed E-state index contributed by atoms with van der Waals surface area (Å²) >= 11 is 1.62. The van der Waals surface area contributed by atoms with Gasteiger partial charge >= 0.3 is 0 Å². The van der Waals surface area contributed by atoms with Crippen LogP contribution in [0.25, 0.3) is 11.0 Å². The third-order valence-corrected chi connectivity index (χ3v) is 6.12. The number of hydrogen-bond donors (Lipinski definition) is 3. The minimum Gasteiger partial charge on any atom is -0.459 e. The summed E-state index contributed by atoms with van der Waals surface area (Å²) < 4.78 is 11.9. The quantitative estimate of drug-likeness (QED) is 0.471. The predicted octanol–water partition coefficient (Wildman–Crippen LogP) is 3.69. The maximum Gasteiger partial charge on any atom is 0.286 e. The number of ether oxygens (including phenoxy) is 2. The molecule has 31 heavy (non-hydrogen) atoms. The summed E-state index contributed by atoms with van der Waals surface area (Å²) in [7, 11) is 0. The lowest BCUT2D eigenvalue weighted by Crippen LogP contribution is -2.38. The van der Waals surface area contributed by atoms with Crippen molar-refractivity contribution >= 4 is 28.3 Å². The van der Waals surface area contributed by atoms with Crippen LogP contribution in [-0.4, -0.2) is 40.5 Å². The Morgan fingerprint density at radius 3 is 2.97 bits per heavy atom. The second-order valence-corrected chi connectivity index (χ2v) is 8.25. The molecule has 0 fully saturated rings. The number of carbonyl (C=O) groups is 1. The van der Waals surface area contributed by atoms with Gasteiger partial charge in [-0.05, 0) is 60.4 Å². The summed E-state index contributed by atoms with van der Waals surface area (Å²) in [6.45, 7) is 2.76. The first-order valence-electron chi connectivity index (χ1n) is 10.5. The fraction of sp³-hybridized carbons (Fsp3) is 0.391. The van der Waals surface area contributed by atoms with Gasteiger partial charge in [-0.2, -0.15) is 11.3 Å². The van der Waals surface area contributed by atoms with Crippen LogP contribution in [0.3, 0.4) is 0 Å². The molecule has 0 spiro atoms. The fourth-order valence-electron chi connectivity index (χ4n) is 3.95. The van der Waals surface area contributed by atoms with Gasteiger partial charge in [-0.25, -0.2) is 4.98 Å². The molecule has 0 radical (unpaired) electrons. The van der Waals surface area contributed by atoms with Gasteiger partial charge in [0.2, 0.25) is 6.29 Å². The molecule has 8 heteroatoms. The molecule has 3 atom stereocenters. The number of fused-ring (bicyclic) bond motifs is 1. The molecule has 0 unspecified atom stereocenters. The summed E-state index contributed by atoms with van der Waals surface area (Å²) in [4.78, 5) is 20.6. The number of nitrogens with one attached hydrogen (secondary N) is 2. The molecule has 164 valence electrons. The number of aromatic nitrogens is 2. The minimum atomic E-state index is -0.543. The molecule has 3 heterocycles. The number of carbonyl (C=O) groups excluding carboxylic acids is 1. The first-order valence-corrected chi connectivity index (χ1v) is 11.5. The third kappa shape index (κ3) is 4.98. The third-order valence-electron chi connectivity index (χ3n) is 5.42. The van der Waals surface area contributed by atoms with E-state index < -0.39 is 6.29 Å². The highest BCUT2D eigenvalue weighted by atomic mass is 32.1. The van der Waals surface area contributed by atoms with Crippen molar-refractivity contribution < 1.29 is 19.4 Å². The lowest BCUT2D eigenvalue weighted by molar-refractivity contribution is -0.166. The predicted molar refractivity (Wildman–Crippen MR) is 119 cm³/mol. The first kappa shape index (κ1) is 21.5. The number of hydrogen-bond acceptors (Lipinski definition) is 6. The number of rotatable bonds is 9. The number of H-pyrrole nitrogens is 1. The van der Waals surface area contributed by atoms with Crippen molar-refractivity contribution in [3.63, 3.8) is 0 Å². The Kier molecular flexibility index (Phi) is 7.01. The van der Waals surface area contributed by atoms with Crippen LogP contribution in [0, 0.1) is 5.92 Å². The van der Waals surface area contributed by atoms with Gasteiger partial charge in [0.1, 0.15) is 5.82 Å². The van der Waals surface area contributed by atoms with Crippen LogP contribution < -0.4 is 5.32 Å². The standard InChI is InChI=1S/C23H27N3O4S/c1-2-29-23-16(6-5-10-27)17(15-9-11-31-14-15)12-20(30-23)22(28)24-13-21-25-18-7-3-4-8-19(18)26-21/h3-4,7-9,11-12,14,16-17,23,27H,2,5-6,10,13H2,1H3,(H,24,28)(H,25,26)/t16-,17-,23-/m1/s1. The molecule has 3 aromatic rings. The zero-order valence-corrected chi connectivity index (χ0v) is 18.2. The average molecular weight is 442 g/mol. The van der Waals surface area contributed by atoms with Gasteiger partial charge in [0.15, 0.2) is 5.76 Å². The van der Waals surface area contributed by atoms with Crippen LogP contribution in [0.4, 0.5) is 0 Å². The van der Waals surface area contributed by atoms with E-state index in [9.17, 15) is 9.90 Å². The molecular weight excluding hydrogens is 414 g/mol. The van der Waals surface area contributed by atoms with Gasteiger partial charge < -0.3 is 24.9 Å². The number of nitrogens with zero attached hydrogens (tertiary/aromatic N) is 1. The fourth-order valence-corrected chi connectivity index (χ4v) is 4.66. The van der Waals surface area contributed by atoms with E-state index in [4.69, 9.17) is 9.47 Å². The number of amides is 1. The highest BCUT2D eigenvalue weighted by Crippen LogP contribution is 2.40. The summed E-state index contributed by atoms with van der Waals surface area (Å²) in [6.07, 6.45) is 2.73. The van der Waals surface area contributed by atoms with Gasteiger partial charge in [-0.1, -0.05) is 12.1 Å². The number of thiophene rings is 1. The molecule has 1 aliphatic heterocycles. The van der Waals surface area contributed by atoms with E-state index in [2.05, 4.69) is 26.7 Å². The van der Waals surface area contributed by atoms with Gasteiger partial charge in [0, 0.05) is 25.0 Å². The van der Waals surface area contributed by atoms with Gasteiger partial charge in [-0.15, -0.1) is 0 Å². The number of para-hydroxylation sites is 2. The van der Waals surface area contributed by atoms with Crippen molar-refractivity contribution in [2.75, 3.05) is 13.2 Å². The monoisotopic (exact) mass is 441 g/mol. The number of benzene rings is 1. The van der Waals surface area contributed by atoms with E-state index in [0.717, 1.165) is 23.0 Å². The number of allylic oxidation sites excluding steroid dienone is 1. The number of aromatic amines is 1. The Balaban J connectivity index is 1.52. The molecular formula is C23H27N3O4S. The summed E-state index contributed by atoms with van der Waals surface area (Å²) in [5.74, 6) is 0.642. The molecule has 2 aromatic heterocycles. The van der Waals surface area contributed by atoms with Crippen molar-refractivity contribution in [2.24, 2.45) is 5.92 Å². The Bertz CT molecular complexity index is 998. The molecule has 1 aliphatic rings. The van der Waals surface area contributed by atoms with Crippen LogP contribution >= 0.6 is 11.3 Å². The molecule has 0 aliphatic carbocycles. The van der Waals surface area contributed by atoms with E-state index in [0.29, 0.717) is 18.9 Å². The van der Waals surface area contributed by atoms with Crippen molar-refractivity contribution in [3.05, 3.63) is 64.3 Å². The smallest absolute Gasteiger partial charge is 0.286 e. The SMILES string of the molecule is CCO[C@@H]1OC(C(=O)NCc2nc3ccccc3[nH]2)=C[C@H](c2ccsc2)[C@H]1CCCO. The lowest BCUT2D eigenvalue weighted by Gasteiger charge is -2.36. The molecule has 7 nitrogen and oxygen atoms in total. The highest BCUT2D eigenvalue weighted by Gasteiger charge is 2.37. The van der Waals surface area contributed by atoms with Gasteiger partial charge in [-0.3, -0.25) is 4.79 Å². The summed E-state index contributed by atoms with van der Waals surface area (Å²) in [6, 6.07) is 9.81. The Labute approximate surface area is 185 Å². The molecule has 0 saturated heterocycles. The zero-order chi connectivity index (χ0) is 21.6. The Hall–Kier alpha value is -2.68. The minimum absolute atomic E-state index is 0.0185. The zero-order valence-electron chi connectivity index (χ0n) is 17.4. The summed E-state index contributed by atoms with van der Waals surface area (Å²) in [5.41, 5.74) is 2.92. The van der Waals surface area contributed by atoms with Crippen LogP contribution in [0.5, 0.6) is 0 Å². The topological polar surface area (TPSA) is 96.5 Å². The molecule has 3 N–H and O–H groups in total. The first-order chi connectivity index (χ1) is 15.2. The van der Waals surface area contributed by atoms with Crippen LogP contribution in [0.15, 0.2) is 52.9 Å².